The molecule has 1 fully saturated rings. The standard InChI is InChI=1S/C31H37N5O5/c1-39-25-8-9-27(29(20-25)40-2)34-31(38)33-24-7-10-28(36-13-11-22-5-3-4-6-23(22)21-36)26(19-24)30(37)32-12-14-35-15-17-41-18-16-35/h3-10,19-20H,11-18,21H2,1-2H3,(H,32,37)(H2,33,34,38). The summed E-state index contributed by atoms with van der Waals surface area (Å²) in [5.41, 5.74) is 4.96. The summed E-state index contributed by atoms with van der Waals surface area (Å²) in [5, 5.41) is 8.76. The van der Waals surface area contributed by atoms with Crippen molar-refractivity contribution in [3.8, 4) is 11.5 Å². The minimum Gasteiger partial charge on any atom is -0.497 e. The summed E-state index contributed by atoms with van der Waals surface area (Å²) >= 11 is 0. The number of fused-ring (bicyclic) bond motifs is 1. The van der Waals surface area contributed by atoms with Crippen LogP contribution in [0.3, 0.4) is 0 Å². The number of amides is 3. The Labute approximate surface area is 240 Å². The molecule has 41 heavy (non-hydrogen) atoms. The van der Waals surface area contributed by atoms with Crippen LogP contribution in [0.4, 0.5) is 21.9 Å². The van der Waals surface area contributed by atoms with Crippen LogP contribution in [-0.4, -0.2) is 77.0 Å². The van der Waals surface area contributed by atoms with Gasteiger partial charge in [0.05, 0.1) is 38.7 Å². The first-order valence-electron chi connectivity index (χ1n) is 13.9. The molecular weight excluding hydrogens is 522 g/mol. The number of anilines is 3. The van der Waals surface area contributed by atoms with Crippen LogP contribution in [0.25, 0.3) is 0 Å². The van der Waals surface area contributed by atoms with Gasteiger partial charge in [0.15, 0.2) is 0 Å². The van der Waals surface area contributed by atoms with Gasteiger partial charge in [0.2, 0.25) is 0 Å². The fourth-order valence-corrected chi connectivity index (χ4v) is 5.21. The second-order valence-electron chi connectivity index (χ2n) is 10.0. The average Bonchev–Trinajstić information content (AvgIpc) is 3.01. The van der Waals surface area contributed by atoms with Crippen LogP contribution in [0, 0.1) is 0 Å². The molecule has 0 atom stereocenters. The van der Waals surface area contributed by atoms with Crippen LogP contribution in [0.1, 0.15) is 21.5 Å². The molecule has 216 valence electrons. The zero-order chi connectivity index (χ0) is 28.6. The van der Waals surface area contributed by atoms with E-state index in [4.69, 9.17) is 14.2 Å². The van der Waals surface area contributed by atoms with Gasteiger partial charge < -0.3 is 35.1 Å². The summed E-state index contributed by atoms with van der Waals surface area (Å²) in [7, 11) is 3.09. The Morgan fingerprint density at radius 2 is 1.71 bits per heavy atom. The number of morpholine rings is 1. The third kappa shape index (κ3) is 7.08. The lowest BCUT2D eigenvalue weighted by atomic mass is 9.98. The van der Waals surface area contributed by atoms with Gasteiger partial charge in [0, 0.05) is 56.7 Å². The van der Waals surface area contributed by atoms with Crippen LogP contribution in [-0.2, 0) is 17.7 Å². The van der Waals surface area contributed by atoms with Gasteiger partial charge in [-0.1, -0.05) is 24.3 Å². The van der Waals surface area contributed by atoms with Crippen LogP contribution < -0.4 is 30.3 Å². The van der Waals surface area contributed by atoms with Crippen molar-refractivity contribution < 1.29 is 23.8 Å². The molecule has 1 saturated heterocycles. The lowest BCUT2D eigenvalue weighted by molar-refractivity contribution is 0.0383. The predicted molar refractivity (Wildman–Crippen MR) is 159 cm³/mol. The summed E-state index contributed by atoms with van der Waals surface area (Å²) in [5.74, 6) is 0.918. The fourth-order valence-electron chi connectivity index (χ4n) is 5.21. The van der Waals surface area contributed by atoms with E-state index in [1.165, 1.54) is 18.2 Å². The molecule has 0 spiro atoms. The maximum absolute atomic E-state index is 13.5. The molecule has 0 aromatic heterocycles. The second-order valence-corrected chi connectivity index (χ2v) is 10.0. The Kier molecular flexibility index (Phi) is 9.22. The van der Waals surface area contributed by atoms with E-state index in [9.17, 15) is 9.59 Å². The molecule has 10 heteroatoms. The normalized spacial score (nSPS) is 15.0. The molecule has 2 aliphatic rings. The highest BCUT2D eigenvalue weighted by atomic mass is 16.5. The van der Waals surface area contributed by atoms with Crippen molar-refractivity contribution in [3.05, 3.63) is 77.4 Å². The highest BCUT2D eigenvalue weighted by Crippen LogP contribution is 2.31. The summed E-state index contributed by atoms with van der Waals surface area (Å²) in [6.07, 6.45) is 0.903. The number of hydrogen-bond donors (Lipinski definition) is 3. The molecule has 0 unspecified atom stereocenters. The van der Waals surface area contributed by atoms with Crippen molar-refractivity contribution in [1.82, 2.24) is 10.2 Å². The van der Waals surface area contributed by atoms with Gasteiger partial charge in [0.1, 0.15) is 11.5 Å². The maximum atomic E-state index is 13.5. The van der Waals surface area contributed by atoms with Gasteiger partial charge in [-0.2, -0.15) is 0 Å². The highest BCUT2D eigenvalue weighted by molar-refractivity contribution is 6.04. The van der Waals surface area contributed by atoms with Crippen LogP contribution in [0.5, 0.6) is 11.5 Å². The van der Waals surface area contributed by atoms with E-state index in [2.05, 4.69) is 43.9 Å². The summed E-state index contributed by atoms with van der Waals surface area (Å²) in [6.45, 7) is 5.95. The average molecular weight is 560 g/mol. The molecule has 2 aliphatic heterocycles. The van der Waals surface area contributed by atoms with Crippen LogP contribution >= 0.6 is 0 Å². The smallest absolute Gasteiger partial charge is 0.323 e. The first kappa shape index (κ1) is 28.3. The molecule has 3 aromatic carbocycles. The van der Waals surface area contributed by atoms with Crippen molar-refractivity contribution >= 4 is 29.0 Å². The highest BCUT2D eigenvalue weighted by Gasteiger charge is 2.22. The second kappa shape index (κ2) is 13.4. The predicted octanol–water partition coefficient (Wildman–Crippen LogP) is 3.97. The Morgan fingerprint density at radius 3 is 2.49 bits per heavy atom. The summed E-state index contributed by atoms with van der Waals surface area (Å²) < 4.78 is 16.0. The Hall–Kier alpha value is -4.28. The number of hydrogen-bond acceptors (Lipinski definition) is 7. The first-order valence-corrected chi connectivity index (χ1v) is 13.9. The zero-order valence-corrected chi connectivity index (χ0v) is 23.6. The van der Waals surface area contributed by atoms with E-state index in [1.807, 2.05) is 18.2 Å². The van der Waals surface area contributed by atoms with Crippen molar-refractivity contribution in [2.45, 2.75) is 13.0 Å². The third-order valence-corrected chi connectivity index (χ3v) is 7.44. The summed E-state index contributed by atoms with van der Waals surface area (Å²) in [6, 6.07) is 18.6. The number of rotatable bonds is 9. The molecule has 3 aromatic rings. The Balaban J connectivity index is 1.33. The molecular formula is C31H37N5O5. The molecule has 3 amide bonds. The molecule has 5 rings (SSSR count). The summed E-state index contributed by atoms with van der Waals surface area (Å²) in [4.78, 5) is 31.0. The van der Waals surface area contributed by atoms with E-state index < -0.39 is 6.03 Å². The number of ether oxygens (including phenoxy) is 3. The number of benzene rings is 3. The van der Waals surface area contributed by atoms with Crippen molar-refractivity contribution in [2.24, 2.45) is 0 Å². The van der Waals surface area contributed by atoms with Crippen molar-refractivity contribution in [2.75, 3.05) is 75.7 Å². The SMILES string of the molecule is COc1ccc(NC(=O)Nc2ccc(N3CCc4ccccc4C3)c(C(=O)NCCN3CCOCC3)c2)c(OC)c1. The molecule has 2 heterocycles. The lowest BCUT2D eigenvalue weighted by Crippen LogP contribution is -2.41. The van der Waals surface area contributed by atoms with Gasteiger partial charge >= 0.3 is 6.03 Å². The minimum atomic E-state index is -0.452. The number of carbonyl (C=O) groups excluding carboxylic acids is 2. The zero-order valence-electron chi connectivity index (χ0n) is 23.6. The molecule has 3 N–H and O–H groups in total. The topological polar surface area (TPSA) is 104 Å². The Morgan fingerprint density at radius 1 is 0.902 bits per heavy atom. The van der Waals surface area contributed by atoms with E-state index >= 15 is 0 Å². The van der Waals surface area contributed by atoms with Crippen molar-refractivity contribution in [3.63, 3.8) is 0 Å². The van der Waals surface area contributed by atoms with Gasteiger partial charge in [-0.3, -0.25) is 9.69 Å². The monoisotopic (exact) mass is 559 g/mol. The minimum absolute atomic E-state index is 0.173. The number of methoxy groups -OCH3 is 2. The Bertz CT molecular complexity index is 1370. The third-order valence-electron chi connectivity index (χ3n) is 7.44. The van der Waals surface area contributed by atoms with Gasteiger partial charge in [0.25, 0.3) is 5.91 Å². The number of urea groups is 1. The molecule has 0 bridgehead atoms. The largest absolute Gasteiger partial charge is 0.497 e. The van der Waals surface area contributed by atoms with E-state index in [0.717, 1.165) is 44.8 Å². The number of nitrogens with one attached hydrogen (secondary N) is 3. The van der Waals surface area contributed by atoms with E-state index in [-0.39, 0.29) is 5.91 Å². The fraction of sp³-hybridized carbons (Fsp3) is 0.355. The molecule has 0 radical (unpaired) electrons. The quantitative estimate of drug-likeness (QED) is 0.365. The van der Waals surface area contributed by atoms with Gasteiger partial charge in [-0.05, 0) is 47.9 Å². The van der Waals surface area contributed by atoms with Gasteiger partial charge in [-0.15, -0.1) is 0 Å². The van der Waals surface area contributed by atoms with Gasteiger partial charge in [-0.25, -0.2) is 4.79 Å². The van der Waals surface area contributed by atoms with E-state index in [1.54, 1.807) is 31.4 Å². The number of carbonyl (C=O) groups is 2. The maximum Gasteiger partial charge on any atom is 0.323 e. The molecule has 10 nitrogen and oxygen atoms in total. The van der Waals surface area contributed by atoms with Crippen LogP contribution in [0.15, 0.2) is 60.7 Å². The lowest BCUT2D eigenvalue weighted by Gasteiger charge is -2.32. The van der Waals surface area contributed by atoms with E-state index in [0.29, 0.717) is 48.2 Å². The molecule has 0 saturated carbocycles. The number of nitrogens with zero attached hydrogens (tertiary/aromatic N) is 2. The van der Waals surface area contributed by atoms with Crippen molar-refractivity contribution in [1.29, 1.82) is 0 Å². The molecule has 0 aliphatic carbocycles. The van der Waals surface area contributed by atoms with Crippen LogP contribution in [0.2, 0.25) is 0 Å². The first-order chi connectivity index (χ1) is 20.0.